The van der Waals surface area contributed by atoms with E-state index in [-0.39, 0.29) is 18.2 Å². The number of aliphatic hydroxyl groups is 1. The summed E-state index contributed by atoms with van der Waals surface area (Å²) >= 11 is 0. The molecule has 0 aliphatic rings. The first kappa shape index (κ1) is 15.6. The van der Waals surface area contributed by atoms with Crippen LogP contribution in [0, 0.1) is 5.82 Å². The molecule has 19 heavy (non-hydrogen) atoms. The minimum atomic E-state index is -0.599. The average molecular weight is 269 g/mol. The van der Waals surface area contributed by atoms with Gasteiger partial charge in [0.05, 0.1) is 13.2 Å². The molecule has 0 saturated heterocycles. The summed E-state index contributed by atoms with van der Waals surface area (Å²) in [6.07, 6.45) is -0.0382. The van der Waals surface area contributed by atoms with E-state index in [4.69, 9.17) is 0 Å². The van der Waals surface area contributed by atoms with Gasteiger partial charge in [-0.25, -0.2) is 4.39 Å². The Morgan fingerprint density at radius 1 is 1.53 bits per heavy atom. The Labute approximate surface area is 112 Å². The Balaban J connectivity index is 2.34. The number of rotatable bonds is 7. The van der Waals surface area contributed by atoms with Gasteiger partial charge >= 0.3 is 5.97 Å². The zero-order chi connectivity index (χ0) is 14.3. The van der Waals surface area contributed by atoms with E-state index in [2.05, 4.69) is 4.74 Å². The van der Waals surface area contributed by atoms with Gasteiger partial charge in [0.2, 0.25) is 0 Å². The van der Waals surface area contributed by atoms with Crippen molar-refractivity contribution in [2.45, 2.75) is 25.5 Å². The molecule has 1 atom stereocenters. The second kappa shape index (κ2) is 7.86. The molecule has 0 aromatic heterocycles. The van der Waals surface area contributed by atoms with E-state index in [1.165, 1.54) is 19.2 Å². The topological polar surface area (TPSA) is 49.8 Å². The third-order valence-electron chi connectivity index (χ3n) is 2.77. The first-order valence-electron chi connectivity index (χ1n) is 6.19. The molecular weight excluding hydrogens is 249 g/mol. The molecule has 5 heteroatoms. The lowest BCUT2D eigenvalue weighted by Crippen LogP contribution is -2.29. The lowest BCUT2D eigenvalue weighted by atomic mass is 10.1. The molecule has 106 valence electrons. The molecule has 1 N–H and O–H groups in total. The number of benzene rings is 1. The summed E-state index contributed by atoms with van der Waals surface area (Å²) in [6.45, 7) is 0.973. The van der Waals surface area contributed by atoms with Crippen molar-refractivity contribution in [3.8, 4) is 0 Å². The van der Waals surface area contributed by atoms with Gasteiger partial charge in [-0.1, -0.05) is 12.1 Å². The van der Waals surface area contributed by atoms with E-state index >= 15 is 0 Å². The first-order valence-corrected chi connectivity index (χ1v) is 6.19. The molecule has 1 unspecified atom stereocenters. The Kier molecular flexibility index (Phi) is 6.45. The monoisotopic (exact) mass is 269 g/mol. The van der Waals surface area contributed by atoms with Crippen molar-refractivity contribution in [2.75, 3.05) is 20.7 Å². The van der Waals surface area contributed by atoms with Gasteiger partial charge in [-0.05, 0) is 31.2 Å². The largest absolute Gasteiger partial charge is 0.469 e. The van der Waals surface area contributed by atoms with Crippen molar-refractivity contribution in [1.82, 2.24) is 4.90 Å². The normalized spacial score (nSPS) is 12.5. The van der Waals surface area contributed by atoms with Crippen molar-refractivity contribution in [2.24, 2.45) is 0 Å². The Morgan fingerprint density at radius 3 is 2.89 bits per heavy atom. The predicted octanol–water partition coefficient (Wildman–Crippen LogP) is 1.57. The molecule has 0 heterocycles. The molecule has 0 bridgehead atoms. The lowest BCUT2D eigenvalue weighted by Gasteiger charge is -2.20. The highest BCUT2D eigenvalue weighted by molar-refractivity contribution is 5.69. The van der Waals surface area contributed by atoms with Crippen molar-refractivity contribution in [3.05, 3.63) is 35.6 Å². The molecule has 4 nitrogen and oxygen atoms in total. The molecule has 0 fully saturated rings. The van der Waals surface area contributed by atoms with Gasteiger partial charge in [-0.3, -0.25) is 9.69 Å². The van der Waals surface area contributed by atoms with Gasteiger partial charge in [0.1, 0.15) is 5.82 Å². The number of hydrogen-bond acceptors (Lipinski definition) is 4. The number of nitrogens with zero attached hydrogens (tertiary/aromatic N) is 1. The summed E-state index contributed by atoms with van der Waals surface area (Å²) in [5, 5.41) is 9.77. The highest BCUT2D eigenvalue weighted by Crippen LogP contribution is 2.08. The Bertz CT molecular complexity index is 411. The van der Waals surface area contributed by atoms with Crippen LogP contribution in [0.3, 0.4) is 0 Å². The Hall–Kier alpha value is -1.46. The van der Waals surface area contributed by atoms with E-state index in [1.54, 1.807) is 6.07 Å². The first-order chi connectivity index (χ1) is 9.01. The summed E-state index contributed by atoms with van der Waals surface area (Å²) in [4.78, 5) is 12.8. The SMILES string of the molecule is COC(=O)CCC(O)CN(C)Cc1cccc(F)c1. The molecule has 1 aromatic rings. The van der Waals surface area contributed by atoms with E-state index in [9.17, 15) is 14.3 Å². The second-order valence-corrected chi connectivity index (χ2v) is 4.60. The number of likely N-dealkylation sites (N-methyl/N-ethyl adjacent to an activating group) is 1. The maximum Gasteiger partial charge on any atom is 0.305 e. The highest BCUT2D eigenvalue weighted by Gasteiger charge is 2.11. The summed E-state index contributed by atoms with van der Waals surface area (Å²) in [7, 11) is 3.16. The standard InChI is InChI=1S/C14H20FNO3/c1-16(9-11-4-3-5-12(15)8-11)10-13(17)6-7-14(18)19-2/h3-5,8,13,17H,6-7,9-10H2,1-2H3. The number of methoxy groups -OCH3 is 1. The smallest absolute Gasteiger partial charge is 0.305 e. The molecule has 0 saturated carbocycles. The van der Waals surface area contributed by atoms with Crippen LogP contribution in [0.15, 0.2) is 24.3 Å². The zero-order valence-electron chi connectivity index (χ0n) is 11.3. The molecule has 0 aliphatic carbocycles. The van der Waals surface area contributed by atoms with E-state index in [0.29, 0.717) is 19.5 Å². The van der Waals surface area contributed by atoms with Crippen LogP contribution in [-0.4, -0.2) is 42.8 Å². The number of ether oxygens (including phenoxy) is 1. The fraction of sp³-hybridized carbons (Fsp3) is 0.500. The molecule has 0 amide bonds. The van der Waals surface area contributed by atoms with Gasteiger partial charge in [0.25, 0.3) is 0 Å². The molecule has 0 aliphatic heterocycles. The number of hydrogen-bond donors (Lipinski definition) is 1. The number of carbonyl (C=O) groups excluding carboxylic acids is 1. The summed E-state index contributed by atoms with van der Waals surface area (Å²) in [6, 6.07) is 6.36. The maximum atomic E-state index is 13.0. The zero-order valence-corrected chi connectivity index (χ0v) is 11.3. The van der Waals surface area contributed by atoms with Crippen LogP contribution in [0.5, 0.6) is 0 Å². The molecule has 1 rings (SSSR count). The van der Waals surface area contributed by atoms with E-state index in [0.717, 1.165) is 5.56 Å². The summed E-state index contributed by atoms with van der Waals surface area (Å²) < 4.78 is 17.5. The van der Waals surface area contributed by atoms with Gasteiger partial charge < -0.3 is 9.84 Å². The third kappa shape index (κ3) is 6.31. The average Bonchev–Trinajstić information content (AvgIpc) is 2.35. The van der Waals surface area contributed by atoms with E-state index in [1.807, 2.05) is 18.0 Å². The van der Waals surface area contributed by atoms with E-state index < -0.39 is 6.10 Å². The number of esters is 1. The van der Waals surface area contributed by atoms with Gasteiger partial charge in [0, 0.05) is 19.5 Å². The van der Waals surface area contributed by atoms with Crippen molar-refractivity contribution < 1.29 is 19.0 Å². The number of carbonyl (C=O) groups is 1. The lowest BCUT2D eigenvalue weighted by molar-refractivity contribution is -0.141. The van der Waals surface area contributed by atoms with Crippen LogP contribution in [0.1, 0.15) is 18.4 Å². The van der Waals surface area contributed by atoms with Crippen LogP contribution in [0.25, 0.3) is 0 Å². The second-order valence-electron chi connectivity index (χ2n) is 4.60. The Morgan fingerprint density at radius 2 is 2.26 bits per heavy atom. The van der Waals surface area contributed by atoms with Crippen molar-refractivity contribution >= 4 is 5.97 Å². The third-order valence-corrected chi connectivity index (χ3v) is 2.77. The van der Waals surface area contributed by atoms with Crippen LogP contribution in [-0.2, 0) is 16.1 Å². The summed E-state index contributed by atoms with van der Waals surface area (Å²) in [5.41, 5.74) is 0.850. The minimum absolute atomic E-state index is 0.200. The molecule has 1 aromatic carbocycles. The van der Waals surface area contributed by atoms with Crippen molar-refractivity contribution in [1.29, 1.82) is 0 Å². The van der Waals surface area contributed by atoms with Crippen LogP contribution in [0.4, 0.5) is 4.39 Å². The summed E-state index contributed by atoms with van der Waals surface area (Å²) in [5.74, 6) is -0.594. The number of aliphatic hydroxyl groups excluding tert-OH is 1. The predicted molar refractivity (Wildman–Crippen MR) is 70.0 cm³/mol. The van der Waals surface area contributed by atoms with Crippen LogP contribution < -0.4 is 0 Å². The fourth-order valence-corrected chi connectivity index (χ4v) is 1.85. The fourth-order valence-electron chi connectivity index (χ4n) is 1.85. The van der Waals surface area contributed by atoms with Gasteiger partial charge in [-0.2, -0.15) is 0 Å². The molecule has 0 spiro atoms. The van der Waals surface area contributed by atoms with Crippen molar-refractivity contribution in [3.63, 3.8) is 0 Å². The number of halogens is 1. The quantitative estimate of drug-likeness (QED) is 0.763. The maximum absolute atomic E-state index is 13.0. The molecule has 0 radical (unpaired) electrons. The van der Waals surface area contributed by atoms with Gasteiger partial charge in [-0.15, -0.1) is 0 Å². The van der Waals surface area contributed by atoms with Crippen LogP contribution in [0.2, 0.25) is 0 Å². The molecular formula is C14H20FNO3. The highest BCUT2D eigenvalue weighted by atomic mass is 19.1. The minimum Gasteiger partial charge on any atom is -0.469 e. The van der Waals surface area contributed by atoms with Crippen LogP contribution >= 0.6 is 0 Å². The van der Waals surface area contributed by atoms with Gasteiger partial charge in [0.15, 0.2) is 0 Å².